The lowest BCUT2D eigenvalue weighted by atomic mass is 9.90. The highest BCUT2D eigenvalue weighted by molar-refractivity contribution is 7.99. The molecule has 1 rings (SSSR count). The molecule has 3 nitrogen and oxygen atoms in total. The topological polar surface area (TPSA) is 49.3 Å². The van der Waals surface area contributed by atoms with Crippen molar-refractivity contribution >= 4 is 17.7 Å². The van der Waals surface area contributed by atoms with Crippen LogP contribution in [0.15, 0.2) is 29.2 Å². The van der Waals surface area contributed by atoms with Crippen molar-refractivity contribution in [1.29, 1.82) is 0 Å². The Morgan fingerprint density at radius 1 is 1.43 bits per heavy atom. The SMILES string of the molecule is CCC(CCCSc1cccc(C)c1)(NC(C)C)C(=O)O. The average molecular weight is 309 g/mol. The number of rotatable bonds is 9. The molecule has 0 aliphatic heterocycles. The second-order valence-corrected chi connectivity index (χ2v) is 6.98. The van der Waals surface area contributed by atoms with Gasteiger partial charge in [-0.05, 0) is 57.9 Å². The lowest BCUT2D eigenvalue weighted by Crippen LogP contribution is -2.54. The van der Waals surface area contributed by atoms with Crippen LogP contribution in [0.1, 0.15) is 45.6 Å². The maximum absolute atomic E-state index is 11.6. The van der Waals surface area contributed by atoms with Crippen LogP contribution in [-0.2, 0) is 4.79 Å². The van der Waals surface area contributed by atoms with Gasteiger partial charge in [0.1, 0.15) is 5.54 Å². The van der Waals surface area contributed by atoms with Crippen molar-refractivity contribution in [1.82, 2.24) is 5.32 Å². The molecular formula is C17H27NO2S. The zero-order valence-electron chi connectivity index (χ0n) is 13.5. The molecule has 0 amide bonds. The fourth-order valence-corrected chi connectivity index (χ4v) is 3.46. The second kappa shape index (κ2) is 8.44. The smallest absolute Gasteiger partial charge is 0.323 e. The Morgan fingerprint density at radius 2 is 2.14 bits per heavy atom. The number of hydrogen-bond acceptors (Lipinski definition) is 3. The molecule has 0 bridgehead atoms. The van der Waals surface area contributed by atoms with E-state index in [4.69, 9.17) is 0 Å². The predicted molar refractivity (Wildman–Crippen MR) is 90.1 cm³/mol. The van der Waals surface area contributed by atoms with Gasteiger partial charge in [-0.1, -0.05) is 24.6 Å². The number of hydrogen-bond donors (Lipinski definition) is 2. The minimum absolute atomic E-state index is 0.172. The minimum Gasteiger partial charge on any atom is -0.480 e. The Bertz CT molecular complexity index is 462. The first-order valence-electron chi connectivity index (χ1n) is 7.60. The summed E-state index contributed by atoms with van der Waals surface area (Å²) in [4.78, 5) is 12.9. The molecule has 1 unspecified atom stereocenters. The van der Waals surface area contributed by atoms with E-state index in [2.05, 4.69) is 36.5 Å². The third-order valence-corrected chi connectivity index (χ3v) is 4.66. The number of benzene rings is 1. The average Bonchev–Trinajstić information content (AvgIpc) is 2.41. The number of nitrogens with one attached hydrogen (secondary N) is 1. The third kappa shape index (κ3) is 5.71. The highest BCUT2D eigenvalue weighted by Crippen LogP contribution is 2.24. The van der Waals surface area contributed by atoms with Crippen LogP contribution in [0, 0.1) is 6.92 Å². The fourth-order valence-electron chi connectivity index (χ4n) is 2.49. The maximum Gasteiger partial charge on any atom is 0.323 e. The molecule has 0 radical (unpaired) electrons. The van der Waals surface area contributed by atoms with Crippen molar-refractivity contribution in [3.63, 3.8) is 0 Å². The lowest BCUT2D eigenvalue weighted by Gasteiger charge is -2.31. The molecule has 21 heavy (non-hydrogen) atoms. The molecule has 0 heterocycles. The van der Waals surface area contributed by atoms with Crippen LogP contribution in [0.2, 0.25) is 0 Å². The van der Waals surface area contributed by atoms with E-state index in [1.807, 2.05) is 20.8 Å². The molecule has 0 saturated carbocycles. The first kappa shape index (κ1) is 18.1. The predicted octanol–water partition coefficient (Wildman–Crippen LogP) is 4.10. The number of thioether (sulfide) groups is 1. The molecular weight excluding hydrogens is 282 g/mol. The van der Waals surface area contributed by atoms with E-state index < -0.39 is 11.5 Å². The van der Waals surface area contributed by atoms with Gasteiger partial charge in [0.05, 0.1) is 0 Å². The summed E-state index contributed by atoms with van der Waals surface area (Å²) in [6.45, 7) is 8.02. The fraction of sp³-hybridized carbons (Fsp3) is 0.588. The first-order chi connectivity index (χ1) is 9.89. The zero-order valence-corrected chi connectivity index (χ0v) is 14.3. The van der Waals surface area contributed by atoms with Gasteiger partial charge < -0.3 is 5.11 Å². The summed E-state index contributed by atoms with van der Waals surface area (Å²) in [6, 6.07) is 8.59. The van der Waals surface area contributed by atoms with Crippen LogP contribution < -0.4 is 5.32 Å². The number of carboxylic acids is 1. The van der Waals surface area contributed by atoms with E-state index in [1.165, 1.54) is 10.5 Å². The van der Waals surface area contributed by atoms with Gasteiger partial charge in [0.15, 0.2) is 0 Å². The van der Waals surface area contributed by atoms with Crippen LogP contribution in [0.5, 0.6) is 0 Å². The van der Waals surface area contributed by atoms with Crippen molar-refractivity contribution in [2.24, 2.45) is 0 Å². The van der Waals surface area contributed by atoms with Crippen LogP contribution in [0.4, 0.5) is 0 Å². The Hall–Kier alpha value is -1.00. The van der Waals surface area contributed by atoms with Gasteiger partial charge in [-0.25, -0.2) is 0 Å². The van der Waals surface area contributed by atoms with E-state index >= 15 is 0 Å². The highest BCUT2D eigenvalue weighted by atomic mass is 32.2. The van der Waals surface area contributed by atoms with E-state index in [9.17, 15) is 9.90 Å². The van der Waals surface area contributed by atoms with E-state index in [0.29, 0.717) is 12.8 Å². The van der Waals surface area contributed by atoms with Gasteiger partial charge >= 0.3 is 5.97 Å². The summed E-state index contributed by atoms with van der Waals surface area (Å²) in [6.07, 6.45) is 2.16. The van der Waals surface area contributed by atoms with Crippen molar-refractivity contribution in [2.45, 2.75) is 63.4 Å². The summed E-state index contributed by atoms with van der Waals surface area (Å²) in [5.41, 5.74) is 0.469. The molecule has 1 aromatic rings. The van der Waals surface area contributed by atoms with Gasteiger partial charge in [-0.3, -0.25) is 10.1 Å². The van der Waals surface area contributed by atoms with Gasteiger partial charge in [0, 0.05) is 10.9 Å². The standard InChI is InChI=1S/C17H27NO2S/c1-5-17(16(19)20,18-13(2)3)10-7-11-21-15-9-6-8-14(4)12-15/h6,8-9,12-13,18H,5,7,10-11H2,1-4H3,(H,19,20). The Morgan fingerprint density at radius 3 is 2.67 bits per heavy atom. The van der Waals surface area contributed by atoms with Crippen LogP contribution >= 0.6 is 11.8 Å². The lowest BCUT2D eigenvalue weighted by molar-refractivity contribution is -0.145. The van der Waals surface area contributed by atoms with Crippen molar-refractivity contribution < 1.29 is 9.90 Å². The monoisotopic (exact) mass is 309 g/mol. The van der Waals surface area contributed by atoms with Crippen LogP contribution in [0.3, 0.4) is 0 Å². The van der Waals surface area contributed by atoms with Crippen molar-refractivity contribution in [3.05, 3.63) is 29.8 Å². The molecule has 0 aliphatic rings. The number of carboxylic acid groups (broad SMARTS) is 1. The van der Waals surface area contributed by atoms with Crippen molar-refractivity contribution in [2.75, 3.05) is 5.75 Å². The third-order valence-electron chi connectivity index (χ3n) is 3.58. The second-order valence-electron chi connectivity index (χ2n) is 5.81. The van der Waals surface area contributed by atoms with E-state index in [-0.39, 0.29) is 6.04 Å². The normalized spacial score (nSPS) is 14.1. The number of aliphatic carboxylic acids is 1. The van der Waals surface area contributed by atoms with E-state index in [1.54, 1.807) is 11.8 Å². The summed E-state index contributed by atoms with van der Waals surface area (Å²) >= 11 is 1.80. The van der Waals surface area contributed by atoms with Crippen molar-refractivity contribution in [3.8, 4) is 0 Å². The van der Waals surface area contributed by atoms with Gasteiger partial charge in [-0.2, -0.15) is 0 Å². The molecule has 118 valence electrons. The molecule has 0 fully saturated rings. The molecule has 1 aromatic carbocycles. The van der Waals surface area contributed by atoms with Gasteiger partial charge in [0.2, 0.25) is 0 Å². The van der Waals surface area contributed by atoms with E-state index in [0.717, 1.165) is 12.2 Å². The Kier molecular flexibility index (Phi) is 7.26. The summed E-state index contributed by atoms with van der Waals surface area (Å²) in [5, 5.41) is 12.8. The maximum atomic E-state index is 11.6. The molecule has 2 N–H and O–H groups in total. The number of aryl methyl sites for hydroxylation is 1. The first-order valence-corrected chi connectivity index (χ1v) is 8.59. The number of carbonyl (C=O) groups is 1. The summed E-state index contributed by atoms with van der Waals surface area (Å²) in [7, 11) is 0. The Balaban J connectivity index is 2.52. The molecule has 0 saturated heterocycles. The quantitative estimate of drug-likeness (QED) is 0.532. The summed E-state index contributed by atoms with van der Waals surface area (Å²) in [5.74, 6) is 0.206. The van der Waals surface area contributed by atoms with Gasteiger partial charge in [0.25, 0.3) is 0 Å². The van der Waals surface area contributed by atoms with Crippen LogP contribution in [0.25, 0.3) is 0 Å². The zero-order chi connectivity index (χ0) is 15.9. The van der Waals surface area contributed by atoms with Crippen LogP contribution in [-0.4, -0.2) is 28.4 Å². The highest BCUT2D eigenvalue weighted by Gasteiger charge is 2.36. The molecule has 0 aliphatic carbocycles. The Labute approximate surface area is 132 Å². The molecule has 0 aromatic heterocycles. The van der Waals surface area contributed by atoms with Gasteiger partial charge in [-0.15, -0.1) is 11.8 Å². The molecule has 0 spiro atoms. The molecule has 1 atom stereocenters. The largest absolute Gasteiger partial charge is 0.480 e. The minimum atomic E-state index is -0.790. The molecule has 4 heteroatoms. The summed E-state index contributed by atoms with van der Waals surface area (Å²) < 4.78 is 0.